The lowest BCUT2D eigenvalue weighted by Crippen LogP contribution is -2.25. The zero-order chi connectivity index (χ0) is 14.5. The molecule has 2 unspecified atom stereocenters. The van der Waals surface area contributed by atoms with Crippen molar-refractivity contribution in [3.63, 3.8) is 0 Å². The normalized spacial score (nSPS) is 22.5. The van der Waals surface area contributed by atoms with E-state index in [0.29, 0.717) is 11.1 Å². The Morgan fingerprint density at radius 3 is 2.90 bits per heavy atom. The van der Waals surface area contributed by atoms with Gasteiger partial charge in [0.25, 0.3) is 0 Å². The van der Waals surface area contributed by atoms with Crippen molar-refractivity contribution < 1.29 is 4.74 Å². The predicted octanol–water partition coefficient (Wildman–Crippen LogP) is 4.39. The molecule has 1 saturated carbocycles. The van der Waals surface area contributed by atoms with Crippen LogP contribution in [0.5, 0.6) is 5.75 Å². The van der Waals surface area contributed by atoms with E-state index in [9.17, 15) is 0 Å². The Bertz CT molecular complexity index is 476. The van der Waals surface area contributed by atoms with Crippen LogP contribution in [0.3, 0.4) is 0 Å². The maximum atomic E-state index is 6.22. The highest BCUT2D eigenvalue weighted by Gasteiger charge is 2.22. The first-order chi connectivity index (χ1) is 9.61. The molecule has 0 bridgehead atoms. The number of thioether (sulfide) groups is 1. The monoisotopic (exact) mass is 309 g/mol. The number of hydrogen-bond acceptors (Lipinski definition) is 3. The summed E-state index contributed by atoms with van der Waals surface area (Å²) in [6, 6.07) is 6.09. The molecule has 2 atom stereocenters. The topological polar surface area (TPSA) is 35.2 Å². The third-order valence-electron chi connectivity index (χ3n) is 3.72. The van der Waals surface area contributed by atoms with Gasteiger partial charge >= 0.3 is 0 Å². The second kappa shape index (κ2) is 7.32. The quantitative estimate of drug-likeness (QED) is 0.646. The molecular formula is C16H23NOS2. The SMILES string of the molecule is CCSc1cccc(OC2CCCC(C)C2)c1C(N)=S. The standard InChI is InChI=1S/C16H23NOS2/c1-3-20-14-9-5-8-13(15(14)16(17)19)18-12-7-4-6-11(2)10-12/h5,8-9,11-12H,3-4,6-7,10H2,1-2H3,(H2,17,19). The summed E-state index contributed by atoms with van der Waals surface area (Å²) >= 11 is 6.99. The van der Waals surface area contributed by atoms with E-state index >= 15 is 0 Å². The highest BCUT2D eigenvalue weighted by atomic mass is 32.2. The molecule has 0 saturated heterocycles. The summed E-state index contributed by atoms with van der Waals surface area (Å²) in [6.45, 7) is 4.43. The van der Waals surface area contributed by atoms with E-state index in [1.54, 1.807) is 11.8 Å². The van der Waals surface area contributed by atoms with Gasteiger partial charge in [-0.15, -0.1) is 11.8 Å². The van der Waals surface area contributed by atoms with Crippen LogP contribution >= 0.6 is 24.0 Å². The summed E-state index contributed by atoms with van der Waals surface area (Å²) in [7, 11) is 0. The van der Waals surface area contributed by atoms with E-state index in [2.05, 4.69) is 19.9 Å². The predicted molar refractivity (Wildman–Crippen MR) is 90.8 cm³/mol. The summed E-state index contributed by atoms with van der Waals surface area (Å²) in [5.74, 6) is 2.60. The summed E-state index contributed by atoms with van der Waals surface area (Å²) < 4.78 is 6.22. The Kier molecular flexibility index (Phi) is 5.73. The van der Waals surface area contributed by atoms with E-state index in [-0.39, 0.29) is 0 Å². The molecular weight excluding hydrogens is 286 g/mol. The average molecular weight is 309 g/mol. The van der Waals surface area contributed by atoms with Crippen LogP contribution < -0.4 is 10.5 Å². The molecule has 0 spiro atoms. The van der Waals surface area contributed by atoms with Gasteiger partial charge < -0.3 is 10.5 Å². The number of ether oxygens (including phenoxy) is 1. The van der Waals surface area contributed by atoms with Crippen LogP contribution in [0.4, 0.5) is 0 Å². The van der Waals surface area contributed by atoms with Crippen molar-refractivity contribution in [1.82, 2.24) is 0 Å². The summed E-state index contributed by atoms with van der Waals surface area (Å²) in [4.78, 5) is 1.56. The Morgan fingerprint density at radius 2 is 2.25 bits per heavy atom. The highest BCUT2D eigenvalue weighted by molar-refractivity contribution is 7.99. The first kappa shape index (κ1) is 15.6. The van der Waals surface area contributed by atoms with Crippen LogP contribution in [0, 0.1) is 5.92 Å². The van der Waals surface area contributed by atoms with Crippen molar-refractivity contribution >= 4 is 29.0 Å². The maximum Gasteiger partial charge on any atom is 0.131 e. The largest absolute Gasteiger partial charge is 0.490 e. The van der Waals surface area contributed by atoms with Crippen molar-refractivity contribution in [3.05, 3.63) is 23.8 Å². The summed E-state index contributed by atoms with van der Waals surface area (Å²) in [5.41, 5.74) is 6.83. The van der Waals surface area contributed by atoms with Gasteiger partial charge in [0, 0.05) is 4.90 Å². The molecule has 0 aromatic heterocycles. The van der Waals surface area contributed by atoms with Crippen molar-refractivity contribution in [1.29, 1.82) is 0 Å². The fraction of sp³-hybridized carbons (Fsp3) is 0.562. The molecule has 110 valence electrons. The molecule has 4 heteroatoms. The average Bonchev–Trinajstić information content (AvgIpc) is 2.39. The van der Waals surface area contributed by atoms with Gasteiger partial charge in [-0.1, -0.05) is 38.6 Å². The van der Waals surface area contributed by atoms with Gasteiger partial charge in [0.1, 0.15) is 10.7 Å². The number of rotatable bonds is 5. The second-order valence-corrected chi connectivity index (χ2v) is 7.18. The first-order valence-corrected chi connectivity index (χ1v) is 8.73. The Morgan fingerprint density at radius 1 is 1.45 bits per heavy atom. The lowest BCUT2D eigenvalue weighted by molar-refractivity contribution is 0.129. The van der Waals surface area contributed by atoms with Gasteiger partial charge in [-0.05, 0) is 43.1 Å². The molecule has 2 N–H and O–H groups in total. The highest BCUT2D eigenvalue weighted by Crippen LogP contribution is 2.33. The third-order valence-corrected chi connectivity index (χ3v) is 4.86. The molecule has 0 radical (unpaired) electrons. The summed E-state index contributed by atoms with van der Waals surface area (Å²) in [5, 5.41) is 0. The molecule has 1 aliphatic carbocycles. The second-order valence-electron chi connectivity index (χ2n) is 5.44. The fourth-order valence-electron chi connectivity index (χ4n) is 2.79. The molecule has 1 fully saturated rings. The molecule has 2 nitrogen and oxygen atoms in total. The van der Waals surface area contributed by atoms with Crippen LogP contribution in [0.25, 0.3) is 0 Å². The zero-order valence-electron chi connectivity index (χ0n) is 12.2. The van der Waals surface area contributed by atoms with E-state index in [1.807, 2.05) is 12.1 Å². The first-order valence-electron chi connectivity index (χ1n) is 7.34. The fourth-order valence-corrected chi connectivity index (χ4v) is 3.91. The number of hydrogen-bond donors (Lipinski definition) is 1. The Balaban J connectivity index is 2.21. The molecule has 1 aromatic carbocycles. The van der Waals surface area contributed by atoms with Crippen molar-refractivity contribution in [2.75, 3.05) is 5.75 Å². The third kappa shape index (κ3) is 3.89. The van der Waals surface area contributed by atoms with Gasteiger partial charge in [-0.2, -0.15) is 0 Å². The number of thiocarbonyl (C=S) groups is 1. The number of benzene rings is 1. The van der Waals surface area contributed by atoms with Gasteiger partial charge in [0.15, 0.2) is 0 Å². The molecule has 20 heavy (non-hydrogen) atoms. The Labute approximate surface area is 131 Å². The minimum absolute atomic E-state index is 0.300. The van der Waals surface area contributed by atoms with E-state index in [1.165, 1.54) is 12.8 Å². The lowest BCUT2D eigenvalue weighted by atomic mass is 9.88. The van der Waals surface area contributed by atoms with Crippen LogP contribution in [-0.4, -0.2) is 16.8 Å². The minimum Gasteiger partial charge on any atom is -0.490 e. The van der Waals surface area contributed by atoms with Crippen molar-refractivity contribution in [2.45, 2.75) is 50.5 Å². The summed E-state index contributed by atoms with van der Waals surface area (Å²) in [6.07, 6.45) is 5.12. The molecule has 0 amide bonds. The lowest BCUT2D eigenvalue weighted by Gasteiger charge is -2.28. The van der Waals surface area contributed by atoms with Crippen LogP contribution in [-0.2, 0) is 0 Å². The minimum atomic E-state index is 0.300. The van der Waals surface area contributed by atoms with Crippen molar-refractivity contribution in [2.24, 2.45) is 11.7 Å². The van der Waals surface area contributed by atoms with Crippen LogP contribution in [0.2, 0.25) is 0 Å². The van der Waals surface area contributed by atoms with Gasteiger partial charge in [-0.25, -0.2) is 0 Å². The molecule has 0 heterocycles. The van der Waals surface area contributed by atoms with E-state index < -0.39 is 0 Å². The van der Waals surface area contributed by atoms with Gasteiger partial charge in [0.05, 0.1) is 11.7 Å². The smallest absolute Gasteiger partial charge is 0.131 e. The van der Waals surface area contributed by atoms with Crippen LogP contribution in [0.15, 0.2) is 23.1 Å². The molecule has 0 aliphatic heterocycles. The zero-order valence-corrected chi connectivity index (χ0v) is 13.9. The maximum absolute atomic E-state index is 6.22. The van der Waals surface area contributed by atoms with E-state index in [4.69, 9.17) is 22.7 Å². The van der Waals surface area contributed by atoms with Gasteiger partial charge in [0.2, 0.25) is 0 Å². The van der Waals surface area contributed by atoms with Crippen molar-refractivity contribution in [3.8, 4) is 5.75 Å². The molecule has 1 aromatic rings. The molecule has 2 rings (SSSR count). The molecule has 1 aliphatic rings. The Hall–Kier alpha value is -0.740. The number of nitrogens with two attached hydrogens (primary N) is 1. The van der Waals surface area contributed by atoms with Crippen LogP contribution in [0.1, 0.15) is 45.1 Å². The van der Waals surface area contributed by atoms with Gasteiger partial charge in [-0.3, -0.25) is 0 Å². The van der Waals surface area contributed by atoms with E-state index in [0.717, 1.165) is 40.7 Å².